The molecule has 3 nitrogen and oxygen atoms in total. The highest BCUT2D eigenvalue weighted by Gasteiger charge is 2.09. The Labute approximate surface area is 130 Å². The van der Waals surface area contributed by atoms with Crippen LogP contribution >= 0.6 is 11.3 Å². The molecule has 0 saturated heterocycles. The van der Waals surface area contributed by atoms with Crippen molar-refractivity contribution in [1.29, 1.82) is 0 Å². The van der Waals surface area contributed by atoms with Gasteiger partial charge in [-0.3, -0.25) is 4.79 Å². The monoisotopic (exact) mass is 302 g/mol. The average Bonchev–Trinajstić information content (AvgIpc) is 2.93. The molecule has 0 unspecified atom stereocenters. The molecule has 21 heavy (non-hydrogen) atoms. The van der Waals surface area contributed by atoms with Crippen LogP contribution in [0.15, 0.2) is 30.3 Å². The van der Waals surface area contributed by atoms with E-state index in [2.05, 4.69) is 36.6 Å². The number of carbonyl (C=O) groups is 1. The van der Waals surface area contributed by atoms with Gasteiger partial charge in [0.2, 0.25) is 0 Å². The molecule has 2 N–H and O–H groups in total. The largest absolute Gasteiger partial charge is 0.385 e. The molecule has 4 heteroatoms. The van der Waals surface area contributed by atoms with Gasteiger partial charge in [-0.05, 0) is 56.2 Å². The molecule has 2 rings (SSSR count). The Morgan fingerprint density at radius 1 is 1.14 bits per heavy atom. The molecule has 1 amide bonds. The fraction of sp³-hybridized carbons (Fsp3) is 0.353. The Balaban J connectivity index is 1.99. The van der Waals surface area contributed by atoms with E-state index in [0.29, 0.717) is 6.54 Å². The van der Waals surface area contributed by atoms with Crippen LogP contribution in [0, 0.1) is 6.92 Å². The van der Waals surface area contributed by atoms with E-state index in [-0.39, 0.29) is 5.91 Å². The zero-order chi connectivity index (χ0) is 15.2. The minimum atomic E-state index is -0.0120. The number of anilines is 1. The van der Waals surface area contributed by atoms with E-state index < -0.39 is 0 Å². The highest BCUT2D eigenvalue weighted by atomic mass is 32.1. The number of nitrogens with one attached hydrogen (secondary N) is 2. The third kappa shape index (κ3) is 4.08. The van der Waals surface area contributed by atoms with E-state index in [1.165, 1.54) is 9.75 Å². The summed E-state index contributed by atoms with van der Waals surface area (Å²) in [6.07, 6.45) is 1.05. The zero-order valence-electron chi connectivity index (χ0n) is 12.8. The van der Waals surface area contributed by atoms with Crippen molar-refractivity contribution >= 4 is 22.9 Å². The summed E-state index contributed by atoms with van der Waals surface area (Å²) < 4.78 is 0. The number of hydrogen-bond acceptors (Lipinski definition) is 3. The Kier molecular flexibility index (Phi) is 5.39. The Morgan fingerprint density at radius 2 is 1.90 bits per heavy atom. The van der Waals surface area contributed by atoms with Crippen LogP contribution in [0.4, 0.5) is 5.69 Å². The van der Waals surface area contributed by atoms with Gasteiger partial charge in [-0.15, -0.1) is 11.3 Å². The van der Waals surface area contributed by atoms with Gasteiger partial charge < -0.3 is 10.6 Å². The number of aryl methyl sites for hydroxylation is 2. The van der Waals surface area contributed by atoms with Crippen molar-refractivity contribution in [3.63, 3.8) is 0 Å². The number of benzene rings is 1. The smallest absolute Gasteiger partial charge is 0.251 e. The molecule has 0 aliphatic heterocycles. The second-order valence-electron chi connectivity index (χ2n) is 4.96. The lowest BCUT2D eigenvalue weighted by molar-refractivity contribution is 0.0950. The van der Waals surface area contributed by atoms with Gasteiger partial charge in [-0.1, -0.05) is 6.92 Å². The summed E-state index contributed by atoms with van der Waals surface area (Å²) in [5.41, 5.74) is 2.78. The van der Waals surface area contributed by atoms with Crippen LogP contribution < -0.4 is 10.6 Å². The number of amides is 1. The van der Waals surface area contributed by atoms with Gasteiger partial charge in [0.15, 0.2) is 0 Å². The van der Waals surface area contributed by atoms with Gasteiger partial charge in [0.25, 0.3) is 5.91 Å². The maximum atomic E-state index is 12.3. The normalized spacial score (nSPS) is 10.4. The van der Waals surface area contributed by atoms with E-state index in [4.69, 9.17) is 0 Å². The number of thiophene rings is 1. The predicted molar refractivity (Wildman–Crippen MR) is 90.2 cm³/mol. The Hall–Kier alpha value is -1.81. The van der Waals surface area contributed by atoms with Crippen molar-refractivity contribution in [2.75, 3.05) is 11.9 Å². The van der Waals surface area contributed by atoms with Gasteiger partial charge >= 0.3 is 0 Å². The van der Waals surface area contributed by atoms with E-state index >= 15 is 0 Å². The maximum absolute atomic E-state index is 12.3. The molecule has 1 heterocycles. The lowest BCUT2D eigenvalue weighted by Gasteiger charge is -2.09. The fourth-order valence-electron chi connectivity index (χ4n) is 2.20. The second kappa shape index (κ2) is 7.27. The van der Waals surface area contributed by atoms with Crippen molar-refractivity contribution in [3.8, 4) is 0 Å². The van der Waals surface area contributed by atoms with Gasteiger partial charge in [0.05, 0.1) is 6.54 Å². The first-order chi connectivity index (χ1) is 10.1. The molecule has 0 spiro atoms. The summed E-state index contributed by atoms with van der Waals surface area (Å²) in [7, 11) is 0. The van der Waals surface area contributed by atoms with Crippen molar-refractivity contribution in [3.05, 3.63) is 51.2 Å². The molecule has 0 aliphatic carbocycles. The highest BCUT2D eigenvalue weighted by Crippen LogP contribution is 2.18. The molecule has 0 atom stereocenters. The molecule has 1 aromatic carbocycles. The van der Waals surface area contributed by atoms with Gasteiger partial charge in [-0.25, -0.2) is 0 Å². The standard InChI is InChI=1S/C17H22N2OS/c1-4-14-7-8-15(21-14)11-19-17(20)16-9-6-13(18-5-2)10-12(16)3/h6-10,18H,4-5,11H2,1-3H3,(H,19,20). The summed E-state index contributed by atoms with van der Waals surface area (Å²) in [5.74, 6) is -0.0120. The SMILES string of the molecule is CCNc1ccc(C(=O)NCc2ccc(CC)s2)c(C)c1. The Morgan fingerprint density at radius 3 is 2.52 bits per heavy atom. The second-order valence-corrected chi connectivity index (χ2v) is 6.22. The lowest BCUT2D eigenvalue weighted by Crippen LogP contribution is -2.23. The highest BCUT2D eigenvalue weighted by molar-refractivity contribution is 7.11. The minimum Gasteiger partial charge on any atom is -0.385 e. The van der Waals surface area contributed by atoms with Crippen molar-refractivity contribution in [1.82, 2.24) is 5.32 Å². The molecule has 0 radical (unpaired) electrons. The van der Waals surface area contributed by atoms with Crippen LogP contribution in [-0.4, -0.2) is 12.5 Å². The third-order valence-electron chi connectivity index (χ3n) is 3.34. The molecule has 0 aliphatic rings. The van der Waals surface area contributed by atoms with E-state index in [1.54, 1.807) is 11.3 Å². The summed E-state index contributed by atoms with van der Waals surface area (Å²) in [6.45, 7) is 7.64. The number of carbonyl (C=O) groups excluding carboxylic acids is 1. The van der Waals surface area contributed by atoms with Gasteiger partial charge in [0, 0.05) is 27.5 Å². The quantitative estimate of drug-likeness (QED) is 0.847. The number of hydrogen-bond donors (Lipinski definition) is 2. The summed E-state index contributed by atoms with van der Waals surface area (Å²) in [5, 5.41) is 6.25. The van der Waals surface area contributed by atoms with Crippen LogP contribution in [0.1, 0.15) is 39.5 Å². The van der Waals surface area contributed by atoms with Crippen LogP contribution in [0.3, 0.4) is 0 Å². The maximum Gasteiger partial charge on any atom is 0.251 e. The lowest BCUT2D eigenvalue weighted by atomic mass is 10.1. The van der Waals surface area contributed by atoms with Gasteiger partial charge in [-0.2, -0.15) is 0 Å². The third-order valence-corrected chi connectivity index (χ3v) is 4.57. The van der Waals surface area contributed by atoms with Crippen LogP contribution in [0.5, 0.6) is 0 Å². The molecule has 0 bridgehead atoms. The fourth-order valence-corrected chi connectivity index (χ4v) is 3.10. The summed E-state index contributed by atoms with van der Waals surface area (Å²) in [6, 6.07) is 10.1. The Bertz CT molecular complexity index is 619. The first kappa shape index (κ1) is 15.6. The van der Waals surface area contributed by atoms with E-state index in [9.17, 15) is 4.79 Å². The first-order valence-electron chi connectivity index (χ1n) is 7.34. The molecular weight excluding hydrogens is 280 g/mol. The number of rotatable bonds is 6. The summed E-state index contributed by atoms with van der Waals surface area (Å²) in [4.78, 5) is 14.8. The van der Waals surface area contributed by atoms with Crippen LogP contribution in [0.25, 0.3) is 0 Å². The molecule has 2 aromatic rings. The van der Waals surface area contributed by atoms with Crippen molar-refractivity contribution < 1.29 is 4.79 Å². The van der Waals surface area contributed by atoms with Crippen LogP contribution in [-0.2, 0) is 13.0 Å². The first-order valence-corrected chi connectivity index (χ1v) is 8.16. The van der Waals surface area contributed by atoms with E-state index in [1.807, 2.05) is 25.1 Å². The minimum absolute atomic E-state index is 0.0120. The summed E-state index contributed by atoms with van der Waals surface area (Å²) >= 11 is 1.76. The molecule has 0 saturated carbocycles. The zero-order valence-corrected chi connectivity index (χ0v) is 13.6. The molecule has 112 valence electrons. The van der Waals surface area contributed by atoms with E-state index in [0.717, 1.165) is 29.8 Å². The van der Waals surface area contributed by atoms with Crippen molar-refractivity contribution in [2.45, 2.75) is 33.7 Å². The predicted octanol–water partition coefficient (Wildman–Crippen LogP) is 3.98. The average molecular weight is 302 g/mol. The van der Waals surface area contributed by atoms with Crippen LogP contribution in [0.2, 0.25) is 0 Å². The molecule has 1 aromatic heterocycles. The topological polar surface area (TPSA) is 41.1 Å². The molecule has 0 fully saturated rings. The molecular formula is C17H22N2OS. The van der Waals surface area contributed by atoms with Crippen molar-refractivity contribution in [2.24, 2.45) is 0 Å². The van der Waals surface area contributed by atoms with Gasteiger partial charge in [0.1, 0.15) is 0 Å².